The highest BCUT2D eigenvalue weighted by Gasteiger charge is 2.05. The summed E-state index contributed by atoms with van der Waals surface area (Å²) < 4.78 is 7.78. The van der Waals surface area contributed by atoms with E-state index in [9.17, 15) is 0 Å². The van der Waals surface area contributed by atoms with Gasteiger partial charge in [0.1, 0.15) is 12.4 Å². The number of hydrogen-bond acceptors (Lipinski definition) is 4. The number of nitrogens with one attached hydrogen (secondary N) is 1. The zero-order valence-corrected chi connectivity index (χ0v) is 15.0. The van der Waals surface area contributed by atoms with Crippen LogP contribution in [0.4, 0.5) is 5.95 Å². The van der Waals surface area contributed by atoms with Crippen LogP contribution in [-0.4, -0.2) is 15.8 Å². The fraction of sp³-hybridized carbons (Fsp3) is 0.0909. The van der Waals surface area contributed by atoms with Crippen molar-refractivity contribution < 1.29 is 4.74 Å². The first-order valence-electron chi connectivity index (χ1n) is 8.77. The Morgan fingerprint density at radius 1 is 0.963 bits per heavy atom. The van der Waals surface area contributed by atoms with E-state index in [2.05, 4.69) is 15.5 Å². The average Bonchev–Trinajstić information content (AvgIpc) is 3.04. The van der Waals surface area contributed by atoms with Gasteiger partial charge in [-0.2, -0.15) is 5.10 Å². The quantitative estimate of drug-likeness (QED) is 0.406. The van der Waals surface area contributed by atoms with Crippen molar-refractivity contribution in [3.8, 4) is 5.75 Å². The first-order valence-corrected chi connectivity index (χ1v) is 8.77. The van der Waals surface area contributed by atoms with E-state index in [1.165, 1.54) is 0 Å². The van der Waals surface area contributed by atoms with Gasteiger partial charge < -0.3 is 9.30 Å². The maximum absolute atomic E-state index is 5.80. The summed E-state index contributed by atoms with van der Waals surface area (Å²) in [4.78, 5) is 4.53. The Hall–Kier alpha value is -3.60. The highest BCUT2D eigenvalue weighted by Crippen LogP contribution is 2.17. The van der Waals surface area contributed by atoms with E-state index < -0.39 is 0 Å². The summed E-state index contributed by atoms with van der Waals surface area (Å²) in [5.74, 6) is 1.54. The van der Waals surface area contributed by atoms with Crippen molar-refractivity contribution >= 4 is 23.2 Å². The molecule has 0 spiro atoms. The van der Waals surface area contributed by atoms with Crippen LogP contribution in [0.3, 0.4) is 0 Å². The van der Waals surface area contributed by atoms with Crippen molar-refractivity contribution in [3.05, 3.63) is 90.0 Å². The Balaban J connectivity index is 1.37. The number of aromatic nitrogens is 2. The molecule has 0 radical (unpaired) electrons. The first-order chi connectivity index (χ1) is 13.3. The van der Waals surface area contributed by atoms with Gasteiger partial charge in [0.15, 0.2) is 0 Å². The molecular formula is C22H20N4O. The number of imidazole rings is 1. The van der Waals surface area contributed by atoms with E-state index in [-0.39, 0.29) is 0 Å². The Morgan fingerprint density at radius 2 is 1.70 bits per heavy atom. The lowest BCUT2D eigenvalue weighted by Crippen LogP contribution is -1.99. The molecule has 0 aliphatic rings. The fourth-order valence-corrected chi connectivity index (χ4v) is 2.80. The highest BCUT2D eigenvalue weighted by molar-refractivity contribution is 5.81. The third kappa shape index (κ3) is 3.98. The molecule has 1 N–H and O–H groups in total. The molecule has 0 atom stereocenters. The molecule has 0 saturated heterocycles. The van der Waals surface area contributed by atoms with Crippen molar-refractivity contribution in [2.75, 3.05) is 5.43 Å². The van der Waals surface area contributed by atoms with Crippen molar-refractivity contribution in [2.24, 2.45) is 12.1 Å². The molecule has 0 saturated carbocycles. The molecule has 4 aromatic rings. The normalized spacial score (nSPS) is 11.1. The molecule has 1 aromatic heterocycles. The van der Waals surface area contributed by atoms with Gasteiger partial charge in [0, 0.05) is 7.05 Å². The standard InChI is InChI=1S/C22H20N4O/c1-26-21-10-6-5-9-20(21)24-22(26)25-23-15-17-11-13-19(14-12-17)27-16-18-7-3-2-4-8-18/h2-15H,16H2,1H3,(H,24,25)/b23-15-. The number of hydrogen-bond donors (Lipinski definition) is 1. The predicted octanol–water partition coefficient (Wildman–Crippen LogP) is 4.60. The van der Waals surface area contributed by atoms with Gasteiger partial charge in [0.2, 0.25) is 5.95 Å². The second kappa shape index (κ2) is 7.74. The maximum Gasteiger partial charge on any atom is 0.224 e. The average molecular weight is 356 g/mol. The molecule has 5 heteroatoms. The van der Waals surface area contributed by atoms with E-state index in [0.29, 0.717) is 12.6 Å². The summed E-state index contributed by atoms with van der Waals surface area (Å²) in [5.41, 5.74) is 7.14. The second-order valence-electron chi connectivity index (χ2n) is 6.20. The first kappa shape index (κ1) is 16.8. The van der Waals surface area contributed by atoms with Crippen LogP contribution >= 0.6 is 0 Å². The highest BCUT2D eigenvalue weighted by atomic mass is 16.5. The second-order valence-corrected chi connectivity index (χ2v) is 6.20. The van der Waals surface area contributed by atoms with Crippen LogP contribution in [0.25, 0.3) is 11.0 Å². The molecule has 0 fully saturated rings. The SMILES string of the molecule is Cn1c(N/N=C\c2ccc(OCc3ccccc3)cc2)nc2ccccc21. The van der Waals surface area contributed by atoms with E-state index in [1.807, 2.05) is 90.5 Å². The molecular weight excluding hydrogens is 336 g/mol. The number of hydrazone groups is 1. The lowest BCUT2D eigenvalue weighted by atomic mass is 10.2. The monoisotopic (exact) mass is 356 g/mol. The van der Waals surface area contributed by atoms with Crippen LogP contribution in [0.1, 0.15) is 11.1 Å². The topological polar surface area (TPSA) is 51.4 Å². The van der Waals surface area contributed by atoms with Crippen LogP contribution in [0.15, 0.2) is 84.0 Å². The molecule has 0 unspecified atom stereocenters. The van der Waals surface area contributed by atoms with E-state index in [0.717, 1.165) is 27.9 Å². The zero-order valence-electron chi connectivity index (χ0n) is 15.0. The lowest BCUT2D eigenvalue weighted by molar-refractivity contribution is 0.306. The summed E-state index contributed by atoms with van der Waals surface area (Å²) in [7, 11) is 1.96. The lowest BCUT2D eigenvalue weighted by Gasteiger charge is -2.06. The van der Waals surface area contributed by atoms with Crippen LogP contribution in [-0.2, 0) is 13.7 Å². The number of ether oxygens (including phenoxy) is 1. The van der Waals surface area contributed by atoms with E-state index in [1.54, 1.807) is 6.21 Å². The minimum absolute atomic E-state index is 0.558. The summed E-state index contributed by atoms with van der Waals surface area (Å²) in [5, 5.41) is 4.29. The number of para-hydroxylation sites is 2. The number of benzene rings is 3. The Kier molecular flexibility index (Phi) is 4.83. The van der Waals surface area contributed by atoms with Gasteiger partial charge in [-0.25, -0.2) is 10.4 Å². The molecule has 134 valence electrons. The summed E-state index contributed by atoms with van der Waals surface area (Å²) in [6, 6.07) is 25.9. The zero-order chi connectivity index (χ0) is 18.5. The molecule has 0 bridgehead atoms. The summed E-state index contributed by atoms with van der Waals surface area (Å²) >= 11 is 0. The third-order valence-corrected chi connectivity index (χ3v) is 4.29. The Morgan fingerprint density at radius 3 is 2.48 bits per heavy atom. The third-order valence-electron chi connectivity index (χ3n) is 4.29. The van der Waals surface area contributed by atoms with Gasteiger partial charge in [-0.15, -0.1) is 0 Å². The number of anilines is 1. The fourth-order valence-electron chi connectivity index (χ4n) is 2.80. The van der Waals surface area contributed by atoms with Crippen LogP contribution in [0.2, 0.25) is 0 Å². The Bertz CT molecular complexity index is 1050. The maximum atomic E-state index is 5.80. The molecule has 1 heterocycles. The largest absolute Gasteiger partial charge is 0.489 e. The molecule has 0 amide bonds. The van der Waals surface area contributed by atoms with Gasteiger partial charge in [0.05, 0.1) is 17.2 Å². The predicted molar refractivity (Wildman–Crippen MR) is 109 cm³/mol. The minimum Gasteiger partial charge on any atom is -0.489 e. The van der Waals surface area contributed by atoms with Crippen molar-refractivity contribution in [2.45, 2.75) is 6.61 Å². The van der Waals surface area contributed by atoms with Crippen molar-refractivity contribution in [1.29, 1.82) is 0 Å². The molecule has 4 rings (SSSR count). The molecule has 0 aliphatic heterocycles. The van der Waals surface area contributed by atoms with Gasteiger partial charge >= 0.3 is 0 Å². The van der Waals surface area contributed by atoms with Crippen LogP contribution in [0, 0.1) is 0 Å². The van der Waals surface area contributed by atoms with Gasteiger partial charge in [-0.1, -0.05) is 42.5 Å². The van der Waals surface area contributed by atoms with Gasteiger partial charge in [-0.3, -0.25) is 0 Å². The summed E-state index contributed by atoms with van der Waals surface area (Å²) in [6.45, 7) is 0.558. The number of nitrogens with zero attached hydrogens (tertiary/aromatic N) is 3. The molecule has 27 heavy (non-hydrogen) atoms. The molecule has 0 aliphatic carbocycles. The minimum atomic E-state index is 0.558. The van der Waals surface area contributed by atoms with Crippen LogP contribution < -0.4 is 10.2 Å². The van der Waals surface area contributed by atoms with Crippen molar-refractivity contribution in [1.82, 2.24) is 9.55 Å². The number of fused-ring (bicyclic) bond motifs is 1. The van der Waals surface area contributed by atoms with Crippen LogP contribution in [0.5, 0.6) is 5.75 Å². The van der Waals surface area contributed by atoms with Gasteiger partial charge in [-0.05, 0) is 47.5 Å². The van der Waals surface area contributed by atoms with E-state index >= 15 is 0 Å². The van der Waals surface area contributed by atoms with E-state index in [4.69, 9.17) is 4.74 Å². The summed E-state index contributed by atoms with van der Waals surface area (Å²) in [6.07, 6.45) is 1.76. The smallest absolute Gasteiger partial charge is 0.224 e. The number of rotatable bonds is 6. The van der Waals surface area contributed by atoms with Gasteiger partial charge in [0.25, 0.3) is 0 Å². The Labute approximate surface area is 157 Å². The molecule has 5 nitrogen and oxygen atoms in total. The number of aryl methyl sites for hydroxylation is 1. The van der Waals surface area contributed by atoms with Crippen molar-refractivity contribution in [3.63, 3.8) is 0 Å². The molecule has 3 aromatic carbocycles.